The van der Waals surface area contributed by atoms with E-state index in [0.29, 0.717) is 11.3 Å². The highest BCUT2D eigenvalue weighted by Gasteiger charge is 2.30. The molecule has 0 aliphatic heterocycles. The van der Waals surface area contributed by atoms with Crippen LogP contribution in [-0.2, 0) is 19.1 Å². The van der Waals surface area contributed by atoms with Crippen molar-refractivity contribution in [2.75, 3.05) is 7.11 Å². The first-order valence-corrected chi connectivity index (χ1v) is 13.0. The Balaban J connectivity index is 0.00000353. The minimum atomic E-state index is -4.42. The molecule has 39 heavy (non-hydrogen) atoms. The Morgan fingerprint density at radius 2 is 1.46 bits per heavy atom. The Bertz CT molecular complexity index is 1580. The van der Waals surface area contributed by atoms with E-state index < -0.39 is 11.7 Å². The molecule has 1 aromatic heterocycles. The molecule has 5 aromatic rings. The number of hydrogen-bond acceptors (Lipinski definition) is 3. The lowest BCUT2D eigenvalue weighted by atomic mass is 10.0. The number of benzene rings is 4. The second kappa shape index (κ2) is 12.5. The average molecular weight is 612 g/mol. The van der Waals surface area contributed by atoms with Gasteiger partial charge in [0.15, 0.2) is 4.80 Å². The topological polar surface area (TPSA) is 26.5 Å². The zero-order valence-corrected chi connectivity index (χ0v) is 23.6. The van der Waals surface area contributed by atoms with Crippen molar-refractivity contribution in [1.29, 1.82) is 0 Å². The van der Waals surface area contributed by atoms with Gasteiger partial charge in [-0.25, -0.2) is 4.99 Å². The molecule has 0 saturated heterocycles. The Morgan fingerprint density at radius 3 is 2.13 bits per heavy atom. The summed E-state index contributed by atoms with van der Waals surface area (Å²) in [6.45, 7) is 0.614. The number of thiazole rings is 1. The van der Waals surface area contributed by atoms with Crippen LogP contribution in [0.1, 0.15) is 11.1 Å². The highest BCUT2D eigenvalue weighted by molar-refractivity contribution is 8.93. The maximum atomic E-state index is 13.3. The van der Waals surface area contributed by atoms with Crippen LogP contribution >= 0.6 is 28.3 Å². The van der Waals surface area contributed by atoms with Gasteiger partial charge in [-0.15, -0.1) is 28.3 Å². The third-order valence-corrected chi connectivity index (χ3v) is 7.13. The van der Waals surface area contributed by atoms with Crippen molar-refractivity contribution < 1.29 is 17.9 Å². The van der Waals surface area contributed by atoms with Crippen molar-refractivity contribution in [3.8, 4) is 28.1 Å². The number of ether oxygens (including phenoxy) is 1. The molecule has 0 amide bonds. The zero-order chi connectivity index (χ0) is 26.5. The number of aromatic nitrogens is 1. The standard InChI is InChI=1S/C31H25F3N2OS.BrH/c1-37-28-16-10-22(11-17-28)18-19-36-29(25-14-12-24(13-15-25)23-6-3-2-4-7-23)21-38-30(36)35-27-9-5-8-26(20-27)31(32,33)34;/h2-17,20-21H,18-19H2,1H3;1H. The summed E-state index contributed by atoms with van der Waals surface area (Å²) in [6, 6.07) is 31.5. The van der Waals surface area contributed by atoms with E-state index in [1.165, 1.54) is 17.4 Å². The van der Waals surface area contributed by atoms with Crippen LogP contribution in [0.3, 0.4) is 0 Å². The Hall–Kier alpha value is -3.62. The van der Waals surface area contributed by atoms with Gasteiger partial charge in [-0.2, -0.15) is 13.2 Å². The Morgan fingerprint density at radius 1 is 0.795 bits per heavy atom. The summed E-state index contributed by atoms with van der Waals surface area (Å²) in [7, 11) is 1.63. The van der Waals surface area contributed by atoms with Crippen LogP contribution < -0.4 is 9.54 Å². The lowest BCUT2D eigenvalue weighted by Gasteiger charge is -2.11. The smallest absolute Gasteiger partial charge is 0.416 e. The lowest BCUT2D eigenvalue weighted by Crippen LogP contribution is -2.17. The molecule has 0 saturated carbocycles. The van der Waals surface area contributed by atoms with Gasteiger partial charge >= 0.3 is 6.18 Å². The molecule has 1 heterocycles. The molecule has 0 fully saturated rings. The molecular formula is C31H26BrF3N2OS. The van der Waals surface area contributed by atoms with Crippen molar-refractivity contribution in [3.63, 3.8) is 0 Å². The van der Waals surface area contributed by atoms with Gasteiger partial charge in [-0.3, -0.25) is 0 Å². The van der Waals surface area contributed by atoms with Crippen LogP contribution in [-0.4, -0.2) is 11.7 Å². The third-order valence-electron chi connectivity index (χ3n) is 6.27. The highest BCUT2D eigenvalue weighted by Crippen LogP contribution is 2.31. The maximum absolute atomic E-state index is 13.3. The quantitative estimate of drug-likeness (QED) is 0.181. The summed E-state index contributed by atoms with van der Waals surface area (Å²) in [5, 5.41) is 2.01. The molecular weight excluding hydrogens is 585 g/mol. The van der Waals surface area contributed by atoms with Gasteiger partial charge < -0.3 is 9.30 Å². The van der Waals surface area contributed by atoms with Gasteiger partial charge in [-0.1, -0.05) is 72.8 Å². The van der Waals surface area contributed by atoms with Gasteiger partial charge in [0.1, 0.15) is 5.75 Å². The highest BCUT2D eigenvalue weighted by atomic mass is 79.9. The van der Waals surface area contributed by atoms with E-state index in [9.17, 15) is 13.2 Å². The Labute approximate surface area is 239 Å². The molecule has 0 atom stereocenters. The predicted octanol–water partition coefficient (Wildman–Crippen LogP) is 8.96. The first kappa shape index (κ1) is 28.4. The van der Waals surface area contributed by atoms with Gasteiger partial charge in [0.25, 0.3) is 0 Å². The zero-order valence-electron chi connectivity index (χ0n) is 21.1. The second-order valence-corrected chi connectivity index (χ2v) is 9.59. The summed E-state index contributed by atoms with van der Waals surface area (Å²) >= 11 is 1.42. The predicted molar refractivity (Wildman–Crippen MR) is 157 cm³/mol. The molecule has 3 nitrogen and oxygen atoms in total. The number of rotatable bonds is 7. The van der Waals surface area contributed by atoms with E-state index in [1.54, 1.807) is 13.2 Å². The average Bonchev–Trinajstić information content (AvgIpc) is 3.34. The molecule has 200 valence electrons. The van der Waals surface area contributed by atoms with E-state index in [1.807, 2.05) is 47.8 Å². The number of methoxy groups -OCH3 is 1. The van der Waals surface area contributed by atoms with E-state index in [-0.39, 0.29) is 22.7 Å². The lowest BCUT2D eigenvalue weighted by molar-refractivity contribution is -0.137. The maximum Gasteiger partial charge on any atom is 0.416 e. The normalized spacial score (nSPS) is 11.7. The molecule has 8 heteroatoms. The van der Waals surface area contributed by atoms with Crippen LogP contribution in [0.4, 0.5) is 18.9 Å². The third kappa shape index (κ3) is 6.88. The monoisotopic (exact) mass is 610 g/mol. The number of hydrogen-bond donors (Lipinski definition) is 0. The van der Waals surface area contributed by atoms with Crippen LogP contribution in [0.5, 0.6) is 5.75 Å². The van der Waals surface area contributed by atoms with Crippen LogP contribution in [0.2, 0.25) is 0 Å². The van der Waals surface area contributed by atoms with Crippen molar-refractivity contribution >= 4 is 34.0 Å². The van der Waals surface area contributed by atoms with Crippen molar-refractivity contribution in [2.24, 2.45) is 4.99 Å². The molecule has 0 aliphatic carbocycles. The van der Waals surface area contributed by atoms with Crippen molar-refractivity contribution in [1.82, 2.24) is 4.57 Å². The van der Waals surface area contributed by atoms with Gasteiger partial charge in [0, 0.05) is 11.9 Å². The second-order valence-electron chi connectivity index (χ2n) is 8.76. The SMILES string of the molecule is Br.COc1ccc(CCn2c(-c3ccc(-c4ccccc4)cc3)csc2=Nc2cccc(C(F)(F)F)c2)cc1. The molecule has 5 rings (SSSR count). The number of nitrogens with zero attached hydrogens (tertiary/aromatic N) is 2. The van der Waals surface area contributed by atoms with E-state index >= 15 is 0 Å². The largest absolute Gasteiger partial charge is 0.497 e. The molecule has 0 N–H and O–H groups in total. The first-order chi connectivity index (χ1) is 18.4. The fraction of sp³-hybridized carbons (Fsp3) is 0.129. The fourth-order valence-corrected chi connectivity index (χ4v) is 5.18. The van der Waals surface area contributed by atoms with Crippen LogP contribution in [0.15, 0.2) is 114 Å². The molecule has 0 bridgehead atoms. The van der Waals surface area contributed by atoms with Crippen LogP contribution in [0.25, 0.3) is 22.4 Å². The van der Waals surface area contributed by atoms with E-state index in [4.69, 9.17) is 4.74 Å². The molecule has 4 aromatic carbocycles. The Kier molecular flexibility index (Phi) is 9.09. The summed E-state index contributed by atoms with van der Waals surface area (Å²) < 4.78 is 47.2. The summed E-state index contributed by atoms with van der Waals surface area (Å²) in [4.78, 5) is 5.27. The van der Waals surface area contributed by atoms with E-state index in [0.717, 1.165) is 52.3 Å². The molecule has 0 radical (unpaired) electrons. The summed E-state index contributed by atoms with van der Waals surface area (Å²) in [5.74, 6) is 0.788. The van der Waals surface area contributed by atoms with Crippen molar-refractivity contribution in [2.45, 2.75) is 19.1 Å². The minimum Gasteiger partial charge on any atom is -0.497 e. The van der Waals surface area contributed by atoms with Gasteiger partial charge in [0.05, 0.1) is 24.1 Å². The molecule has 0 aliphatic rings. The first-order valence-electron chi connectivity index (χ1n) is 12.1. The van der Waals surface area contributed by atoms with Crippen LogP contribution in [0, 0.1) is 0 Å². The number of halogens is 4. The number of aryl methyl sites for hydroxylation is 1. The minimum absolute atomic E-state index is 0. The van der Waals surface area contributed by atoms with Gasteiger partial charge in [-0.05, 0) is 59.0 Å². The summed E-state index contributed by atoms with van der Waals surface area (Å²) in [6.07, 6.45) is -3.69. The van der Waals surface area contributed by atoms with Gasteiger partial charge in [0.2, 0.25) is 0 Å². The number of alkyl halides is 3. The molecule has 0 spiro atoms. The summed E-state index contributed by atoms with van der Waals surface area (Å²) in [5.41, 5.74) is 4.91. The fourth-order valence-electron chi connectivity index (χ4n) is 4.22. The van der Waals surface area contributed by atoms with Crippen molar-refractivity contribution in [3.05, 3.63) is 124 Å². The van der Waals surface area contributed by atoms with E-state index in [2.05, 4.69) is 46.0 Å². The molecule has 0 unspecified atom stereocenters.